The summed E-state index contributed by atoms with van der Waals surface area (Å²) in [6.45, 7) is 0.754. The molecule has 174 valence electrons. The van der Waals surface area contributed by atoms with Gasteiger partial charge in [-0.2, -0.15) is 0 Å². The van der Waals surface area contributed by atoms with Crippen molar-refractivity contribution in [1.82, 2.24) is 15.6 Å². The van der Waals surface area contributed by atoms with E-state index >= 15 is 0 Å². The normalized spacial score (nSPS) is 11.9. The lowest BCUT2D eigenvalue weighted by atomic mass is 9.91. The van der Waals surface area contributed by atoms with E-state index in [2.05, 4.69) is 39.9 Å². The Hall–Kier alpha value is -4.38. The van der Waals surface area contributed by atoms with Crippen LogP contribution in [-0.2, 0) is 4.79 Å². The molecule has 0 bridgehead atoms. The second-order valence-electron chi connectivity index (χ2n) is 8.62. The minimum absolute atomic E-state index is 0.0171. The SMILES string of the molecule is O=C(CCNC(=O)c1ccc2ccccc2c1)NCC(c1ccccc1)c1c[nH]c2ccccc12. The predicted molar refractivity (Wildman–Crippen MR) is 140 cm³/mol. The Morgan fingerprint density at radius 3 is 2.37 bits per heavy atom. The average Bonchev–Trinajstić information content (AvgIpc) is 3.33. The first-order valence-corrected chi connectivity index (χ1v) is 11.8. The number of rotatable bonds is 8. The van der Waals surface area contributed by atoms with Crippen molar-refractivity contribution in [2.24, 2.45) is 0 Å². The van der Waals surface area contributed by atoms with E-state index in [4.69, 9.17) is 0 Å². The molecule has 5 nitrogen and oxygen atoms in total. The number of nitrogens with one attached hydrogen (secondary N) is 3. The molecule has 3 N–H and O–H groups in total. The zero-order chi connectivity index (χ0) is 24.0. The van der Waals surface area contributed by atoms with Gasteiger partial charge in [-0.25, -0.2) is 0 Å². The Bertz CT molecular complexity index is 1470. The molecule has 5 heteroatoms. The van der Waals surface area contributed by atoms with Crippen LogP contribution in [0.25, 0.3) is 21.7 Å². The Balaban J connectivity index is 1.20. The molecule has 0 fully saturated rings. The standard InChI is InChI=1S/C30H27N3O2/c34-29(16-17-31-30(35)24-15-14-21-8-4-5-11-23(21)18-24)33-19-26(22-9-2-1-3-10-22)27-20-32-28-13-7-6-12-25(27)28/h1-15,18,20,26,32H,16-17,19H2,(H,31,35)(H,33,34). The molecule has 0 saturated heterocycles. The maximum atomic E-state index is 12.6. The molecule has 1 heterocycles. The summed E-state index contributed by atoms with van der Waals surface area (Å²) in [6.07, 6.45) is 2.24. The van der Waals surface area contributed by atoms with E-state index < -0.39 is 0 Å². The number of fused-ring (bicyclic) bond motifs is 2. The molecule has 2 amide bonds. The third-order valence-corrected chi connectivity index (χ3v) is 6.35. The highest BCUT2D eigenvalue weighted by atomic mass is 16.2. The molecule has 0 aliphatic rings. The molecule has 1 aromatic heterocycles. The van der Waals surface area contributed by atoms with Gasteiger partial charge in [-0.1, -0.05) is 78.9 Å². The third kappa shape index (κ3) is 5.09. The smallest absolute Gasteiger partial charge is 0.251 e. The van der Waals surface area contributed by atoms with Gasteiger partial charge in [-0.3, -0.25) is 9.59 Å². The molecule has 0 aliphatic carbocycles. The Labute approximate surface area is 204 Å². The maximum Gasteiger partial charge on any atom is 0.251 e. The highest BCUT2D eigenvalue weighted by molar-refractivity contribution is 5.98. The van der Waals surface area contributed by atoms with Crippen LogP contribution in [0.1, 0.15) is 33.8 Å². The lowest BCUT2D eigenvalue weighted by Crippen LogP contribution is -2.33. The number of aromatic nitrogens is 1. The summed E-state index contributed by atoms with van der Waals surface area (Å²) in [4.78, 5) is 28.5. The quantitative estimate of drug-likeness (QED) is 0.290. The summed E-state index contributed by atoms with van der Waals surface area (Å²) in [5.74, 6) is -0.252. The van der Waals surface area contributed by atoms with E-state index in [1.807, 2.05) is 79.0 Å². The Morgan fingerprint density at radius 1 is 0.771 bits per heavy atom. The molecule has 1 unspecified atom stereocenters. The summed E-state index contributed by atoms with van der Waals surface area (Å²) in [7, 11) is 0. The van der Waals surface area contributed by atoms with Gasteiger partial charge in [-0.15, -0.1) is 0 Å². The summed E-state index contributed by atoms with van der Waals surface area (Å²) >= 11 is 0. The lowest BCUT2D eigenvalue weighted by molar-refractivity contribution is -0.120. The first kappa shape index (κ1) is 22.4. The Kier molecular flexibility index (Phi) is 6.57. The van der Waals surface area contributed by atoms with E-state index in [1.54, 1.807) is 0 Å². The summed E-state index contributed by atoms with van der Waals surface area (Å²) in [6, 6.07) is 31.9. The van der Waals surface area contributed by atoms with Crippen molar-refractivity contribution in [3.63, 3.8) is 0 Å². The minimum atomic E-state index is -0.176. The molecule has 5 aromatic rings. The average molecular weight is 462 g/mol. The number of amides is 2. The summed E-state index contributed by atoms with van der Waals surface area (Å²) in [5, 5.41) is 9.19. The van der Waals surface area contributed by atoms with Gasteiger partial charge in [0.2, 0.25) is 5.91 Å². The number of hydrogen-bond acceptors (Lipinski definition) is 2. The van der Waals surface area contributed by atoms with E-state index in [-0.39, 0.29) is 30.7 Å². The van der Waals surface area contributed by atoms with E-state index in [0.717, 1.165) is 32.8 Å². The van der Waals surface area contributed by atoms with Crippen molar-refractivity contribution in [1.29, 1.82) is 0 Å². The first-order chi connectivity index (χ1) is 17.2. The van der Waals surface area contributed by atoms with Gasteiger partial charge in [0.15, 0.2) is 0 Å². The molecule has 0 radical (unpaired) electrons. The fraction of sp³-hybridized carbons (Fsp3) is 0.133. The van der Waals surface area contributed by atoms with E-state index in [1.165, 1.54) is 0 Å². The summed E-state index contributed by atoms with van der Waals surface area (Å²) in [5.41, 5.74) is 3.96. The van der Waals surface area contributed by atoms with Crippen molar-refractivity contribution in [3.05, 3.63) is 120 Å². The zero-order valence-electron chi connectivity index (χ0n) is 19.3. The van der Waals surface area contributed by atoms with E-state index in [0.29, 0.717) is 12.1 Å². The second kappa shape index (κ2) is 10.3. The number of carbonyl (C=O) groups is 2. The van der Waals surface area contributed by atoms with Crippen molar-refractivity contribution in [3.8, 4) is 0 Å². The summed E-state index contributed by atoms with van der Waals surface area (Å²) < 4.78 is 0. The first-order valence-electron chi connectivity index (χ1n) is 11.8. The van der Waals surface area contributed by atoms with Gasteiger partial charge in [-0.05, 0) is 40.1 Å². The maximum absolute atomic E-state index is 12.6. The number of hydrogen-bond donors (Lipinski definition) is 3. The molecule has 1 atom stereocenters. The van der Waals surface area contributed by atoms with Crippen LogP contribution in [-0.4, -0.2) is 29.9 Å². The predicted octanol–water partition coefficient (Wildman–Crippen LogP) is 5.39. The number of benzene rings is 4. The lowest BCUT2D eigenvalue weighted by Gasteiger charge is -2.18. The highest BCUT2D eigenvalue weighted by Gasteiger charge is 2.19. The number of H-pyrrole nitrogens is 1. The van der Waals surface area contributed by atoms with Crippen molar-refractivity contribution in [2.45, 2.75) is 12.3 Å². The molecular weight excluding hydrogens is 434 g/mol. The monoisotopic (exact) mass is 461 g/mol. The van der Waals surface area contributed by atoms with Crippen molar-refractivity contribution < 1.29 is 9.59 Å². The highest BCUT2D eigenvalue weighted by Crippen LogP contribution is 2.30. The topological polar surface area (TPSA) is 74.0 Å². The van der Waals surface area contributed by atoms with Gasteiger partial charge >= 0.3 is 0 Å². The zero-order valence-corrected chi connectivity index (χ0v) is 19.3. The largest absolute Gasteiger partial charge is 0.361 e. The minimum Gasteiger partial charge on any atom is -0.361 e. The second-order valence-corrected chi connectivity index (χ2v) is 8.62. The third-order valence-electron chi connectivity index (χ3n) is 6.35. The van der Waals surface area contributed by atoms with Gasteiger partial charge < -0.3 is 15.6 Å². The number of aromatic amines is 1. The van der Waals surface area contributed by atoms with Crippen LogP contribution < -0.4 is 10.6 Å². The van der Waals surface area contributed by atoms with Gasteiger partial charge in [0, 0.05) is 48.1 Å². The number of carbonyl (C=O) groups excluding carboxylic acids is 2. The van der Waals surface area contributed by atoms with Gasteiger partial charge in [0.25, 0.3) is 5.91 Å². The van der Waals surface area contributed by atoms with E-state index in [9.17, 15) is 9.59 Å². The van der Waals surface area contributed by atoms with Gasteiger partial charge in [0.05, 0.1) is 0 Å². The van der Waals surface area contributed by atoms with Crippen molar-refractivity contribution >= 4 is 33.5 Å². The molecule has 4 aromatic carbocycles. The molecular formula is C30H27N3O2. The molecule has 35 heavy (non-hydrogen) atoms. The van der Waals surface area contributed by atoms with Crippen LogP contribution in [0.5, 0.6) is 0 Å². The van der Waals surface area contributed by atoms with Crippen LogP contribution in [0, 0.1) is 0 Å². The fourth-order valence-corrected chi connectivity index (χ4v) is 4.50. The van der Waals surface area contributed by atoms with Crippen molar-refractivity contribution in [2.75, 3.05) is 13.1 Å². The van der Waals surface area contributed by atoms with Crippen LogP contribution in [0.4, 0.5) is 0 Å². The molecule has 0 saturated carbocycles. The van der Waals surface area contributed by atoms with Crippen LogP contribution in [0.15, 0.2) is 103 Å². The molecule has 5 rings (SSSR count). The molecule has 0 aliphatic heterocycles. The van der Waals surface area contributed by atoms with Crippen LogP contribution in [0.3, 0.4) is 0 Å². The Morgan fingerprint density at radius 2 is 1.51 bits per heavy atom. The fourth-order valence-electron chi connectivity index (χ4n) is 4.50. The van der Waals surface area contributed by atoms with Crippen LogP contribution >= 0.6 is 0 Å². The van der Waals surface area contributed by atoms with Gasteiger partial charge in [0.1, 0.15) is 0 Å². The molecule has 0 spiro atoms. The van der Waals surface area contributed by atoms with Crippen LogP contribution in [0.2, 0.25) is 0 Å². The number of para-hydroxylation sites is 1.